The average Bonchev–Trinajstić information content (AvgIpc) is 2.77. The molecule has 0 aliphatic heterocycles. The molecule has 1 saturated carbocycles. The van der Waals surface area contributed by atoms with Crippen molar-refractivity contribution in [3.63, 3.8) is 0 Å². The topological polar surface area (TPSA) is 12.0 Å². The van der Waals surface area contributed by atoms with Crippen molar-refractivity contribution in [2.75, 3.05) is 7.05 Å². The van der Waals surface area contributed by atoms with Crippen molar-refractivity contribution < 1.29 is 0 Å². The lowest BCUT2D eigenvalue weighted by atomic mass is 9.75. The van der Waals surface area contributed by atoms with Gasteiger partial charge in [-0.25, -0.2) is 0 Å². The van der Waals surface area contributed by atoms with Gasteiger partial charge in [0.1, 0.15) is 0 Å². The van der Waals surface area contributed by atoms with Crippen molar-refractivity contribution in [1.29, 1.82) is 0 Å². The summed E-state index contributed by atoms with van der Waals surface area (Å²) >= 11 is 1.88. The molecule has 0 spiro atoms. The van der Waals surface area contributed by atoms with Crippen LogP contribution < -0.4 is 5.32 Å². The predicted octanol–water partition coefficient (Wildman–Crippen LogP) is 4.53. The first-order valence-electron chi connectivity index (χ1n) is 6.96. The molecule has 2 heteroatoms. The molecule has 0 saturated heterocycles. The van der Waals surface area contributed by atoms with Crippen molar-refractivity contribution in [3.05, 3.63) is 21.9 Å². The number of thiophene rings is 1. The fraction of sp³-hybridized carbons (Fsp3) is 0.733. The Morgan fingerprint density at radius 3 is 2.88 bits per heavy atom. The van der Waals surface area contributed by atoms with E-state index in [0.717, 1.165) is 11.8 Å². The second-order valence-electron chi connectivity index (χ2n) is 5.46. The maximum absolute atomic E-state index is 3.55. The summed E-state index contributed by atoms with van der Waals surface area (Å²) in [6.45, 7) is 4.55. The van der Waals surface area contributed by atoms with Crippen LogP contribution in [0.15, 0.2) is 11.4 Å². The minimum absolute atomic E-state index is 0.578. The molecule has 1 aromatic heterocycles. The van der Waals surface area contributed by atoms with Crippen LogP contribution in [0.5, 0.6) is 0 Å². The molecule has 1 aromatic rings. The van der Waals surface area contributed by atoms with E-state index in [9.17, 15) is 0 Å². The predicted molar refractivity (Wildman–Crippen MR) is 76.6 cm³/mol. The highest BCUT2D eigenvalue weighted by Gasteiger charge is 2.28. The van der Waals surface area contributed by atoms with Gasteiger partial charge < -0.3 is 5.32 Å². The van der Waals surface area contributed by atoms with Gasteiger partial charge in [-0.3, -0.25) is 0 Å². The number of hydrogen-bond donors (Lipinski definition) is 1. The quantitative estimate of drug-likeness (QED) is 0.829. The Morgan fingerprint density at radius 2 is 2.29 bits per heavy atom. The molecule has 0 radical (unpaired) electrons. The molecule has 3 atom stereocenters. The van der Waals surface area contributed by atoms with Crippen LogP contribution in [0.3, 0.4) is 0 Å². The molecule has 2 rings (SSSR count). The van der Waals surface area contributed by atoms with E-state index in [1.54, 1.807) is 0 Å². The highest BCUT2D eigenvalue weighted by Crippen LogP contribution is 2.39. The first kappa shape index (κ1) is 13.1. The Kier molecular flexibility index (Phi) is 4.63. The zero-order valence-electron chi connectivity index (χ0n) is 11.3. The Bertz CT molecular complexity index is 344. The Morgan fingerprint density at radius 1 is 1.47 bits per heavy atom. The molecule has 0 bridgehead atoms. The standard InChI is InChI=1S/C15H25NS/c1-4-12-6-5-7-13(9-12)15(16-3)14-8-11(2)17-10-14/h8,10,12-13,15-16H,4-7,9H2,1-3H3. The van der Waals surface area contributed by atoms with Crippen LogP contribution in [0.1, 0.15) is 55.5 Å². The van der Waals surface area contributed by atoms with Crippen LogP contribution in [0.2, 0.25) is 0 Å². The molecule has 3 unspecified atom stereocenters. The Hall–Kier alpha value is -0.340. The summed E-state index contributed by atoms with van der Waals surface area (Å²) in [5.41, 5.74) is 1.51. The van der Waals surface area contributed by atoms with Crippen molar-refractivity contribution >= 4 is 11.3 Å². The summed E-state index contributed by atoms with van der Waals surface area (Å²) in [5, 5.41) is 5.89. The highest BCUT2D eigenvalue weighted by molar-refractivity contribution is 7.10. The summed E-state index contributed by atoms with van der Waals surface area (Å²) in [6, 6.07) is 2.94. The Balaban J connectivity index is 2.07. The lowest BCUT2D eigenvalue weighted by molar-refractivity contribution is 0.215. The van der Waals surface area contributed by atoms with Gasteiger partial charge in [-0.2, -0.15) is 0 Å². The molecule has 0 aromatic carbocycles. The smallest absolute Gasteiger partial charge is 0.0354 e. The minimum Gasteiger partial charge on any atom is -0.313 e. The third-order valence-corrected chi connectivity index (χ3v) is 5.17. The maximum Gasteiger partial charge on any atom is 0.0354 e. The molecule has 96 valence electrons. The van der Waals surface area contributed by atoms with Crippen LogP contribution in [0, 0.1) is 18.8 Å². The SMILES string of the molecule is CCC1CCCC(C(NC)c2csc(C)c2)C1. The van der Waals surface area contributed by atoms with Gasteiger partial charge in [-0.05, 0) is 55.7 Å². The molecule has 1 aliphatic rings. The lowest BCUT2D eigenvalue weighted by Crippen LogP contribution is -2.29. The van der Waals surface area contributed by atoms with Gasteiger partial charge in [-0.15, -0.1) is 11.3 Å². The minimum atomic E-state index is 0.578. The van der Waals surface area contributed by atoms with Crippen LogP contribution in [0.25, 0.3) is 0 Å². The molecule has 1 N–H and O–H groups in total. The second kappa shape index (κ2) is 6.01. The summed E-state index contributed by atoms with van der Waals surface area (Å²) < 4.78 is 0. The normalized spacial score (nSPS) is 27.0. The van der Waals surface area contributed by atoms with Gasteiger partial charge >= 0.3 is 0 Å². The van der Waals surface area contributed by atoms with Crippen molar-refractivity contribution in [3.8, 4) is 0 Å². The number of rotatable bonds is 4. The molecular weight excluding hydrogens is 226 g/mol. The van der Waals surface area contributed by atoms with Crippen LogP contribution >= 0.6 is 11.3 Å². The van der Waals surface area contributed by atoms with Gasteiger partial charge in [0, 0.05) is 10.9 Å². The zero-order chi connectivity index (χ0) is 12.3. The van der Waals surface area contributed by atoms with Gasteiger partial charge in [0.15, 0.2) is 0 Å². The van der Waals surface area contributed by atoms with Gasteiger partial charge in [0.05, 0.1) is 0 Å². The first-order chi connectivity index (χ1) is 8.24. The summed E-state index contributed by atoms with van der Waals surface area (Å²) in [4.78, 5) is 1.43. The Labute approximate surface area is 110 Å². The molecule has 17 heavy (non-hydrogen) atoms. The van der Waals surface area contributed by atoms with Gasteiger partial charge in [-0.1, -0.05) is 26.2 Å². The van der Waals surface area contributed by atoms with Crippen LogP contribution in [0.4, 0.5) is 0 Å². The maximum atomic E-state index is 3.55. The van der Waals surface area contributed by atoms with E-state index < -0.39 is 0 Å². The lowest BCUT2D eigenvalue weighted by Gasteiger charge is -2.34. The summed E-state index contributed by atoms with van der Waals surface area (Å²) in [7, 11) is 2.12. The zero-order valence-corrected chi connectivity index (χ0v) is 12.1. The van der Waals surface area contributed by atoms with Crippen LogP contribution in [-0.4, -0.2) is 7.05 Å². The van der Waals surface area contributed by atoms with Crippen molar-refractivity contribution in [1.82, 2.24) is 5.32 Å². The van der Waals surface area contributed by atoms with Crippen molar-refractivity contribution in [2.24, 2.45) is 11.8 Å². The molecule has 1 nitrogen and oxygen atoms in total. The third kappa shape index (κ3) is 3.11. The monoisotopic (exact) mass is 251 g/mol. The van der Waals surface area contributed by atoms with E-state index in [1.165, 1.54) is 42.5 Å². The van der Waals surface area contributed by atoms with Crippen LogP contribution in [-0.2, 0) is 0 Å². The highest BCUT2D eigenvalue weighted by atomic mass is 32.1. The fourth-order valence-electron chi connectivity index (χ4n) is 3.31. The van der Waals surface area contributed by atoms with E-state index in [1.807, 2.05) is 11.3 Å². The average molecular weight is 251 g/mol. The van der Waals surface area contributed by atoms with E-state index >= 15 is 0 Å². The van der Waals surface area contributed by atoms with E-state index in [0.29, 0.717) is 6.04 Å². The fourth-order valence-corrected chi connectivity index (χ4v) is 4.05. The van der Waals surface area contributed by atoms with Gasteiger partial charge in [0.2, 0.25) is 0 Å². The molecule has 1 aliphatic carbocycles. The molecule has 1 fully saturated rings. The van der Waals surface area contributed by atoms with Gasteiger partial charge in [0.25, 0.3) is 0 Å². The second-order valence-corrected chi connectivity index (χ2v) is 6.57. The number of hydrogen-bond acceptors (Lipinski definition) is 2. The third-order valence-electron chi connectivity index (χ3n) is 4.29. The molecule has 0 amide bonds. The largest absolute Gasteiger partial charge is 0.313 e. The van der Waals surface area contributed by atoms with E-state index in [-0.39, 0.29) is 0 Å². The molecular formula is C15H25NS. The first-order valence-corrected chi connectivity index (χ1v) is 7.84. The number of nitrogens with one attached hydrogen (secondary N) is 1. The van der Waals surface area contributed by atoms with E-state index in [4.69, 9.17) is 0 Å². The summed E-state index contributed by atoms with van der Waals surface area (Å²) in [5.74, 6) is 1.80. The molecule has 1 heterocycles. The number of aryl methyl sites for hydroxylation is 1. The van der Waals surface area contributed by atoms with Crippen molar-refractivity contribution in [2.45, 2.75) is 52.0 Å². The van der Waals surface area contributed by atoms with E-state index in [2.05, 4.69) is 37.7 Å². The summed E-state index contributed by atoms with van der Waals surface area (Å²) in [6.07, 6.45) is 7.04.